The maximum absolute atomic E-state index is 9.52. The Kier molecular flexibility index (Phi) is 5.86. The van der Waals surface area contributed by atoms with Crippen LogP contribution in [0.2, 0.25) is 0 Å². The average Bonchev–Trinajstić information content (AvgIpc) is 2.65. The minimum Gasteiger partial charge on any atom is -0.395 e. The predicted molar refractivity (Wildman–Crippen MR) is 72.0 cm³/mol. The molecule has 0 saturated carbocycles. The van der Waals surface area contributed by atoms with Gasteiger partial charge in [-0.2, -0.15) is 0 Å². The van der Waals surface area contributed by atoms with Crippen LogP contribution in [0.4, 0.5) is 0 Å². The fraction of sp³-hybridized carbons (Fsp3) is 1.00. The molecule has 1 saturated heterocycles. The first-order valence-electron chi connectivity index (χ1n) is 6.74. The van der Waals surface area contributed by atoms with Gasteiger partial charge in [0.25, 0.3) is 0 Å². The molecular weight excluding hydrogens is 214 g/mol. The Morgan fingerprint density at radius 1 is 1.47 bits per heavy atom. The monoisotopic (exact) mass is 243 g/mol. The standard InChI is InChI=1S/C13H29N3O/c1-10(2)13(14)12(9-17)16(4)8-11-6-5-7-15(11)3/h10-13,17H,5-9,14H2,1-4H3. The van der Waals surface area contributed by atoms with E-state index in [0.29, 0.717) is 12.0 Å². The van der Waals surface area contributed by atoms with Gasteiger partial charge in [0.15, 0.2) is 0 Å². The summed E-state index contributed by atoms with van der Waals surface area (Å²) < 4.78 is 0. The third kappa shape index (κ3) is 3.91. The maximum Gasteiger partial charge on any atom is 0.0601 e. The summed E-state index contributed by atoms with van der Waals surface area (Å²) in [6.07, 6.45) is 2.55. The number of likely N-dealkylation sites (N-methyl/N-ethyl adjacent to an activating group) is 2. The van der Waals surface area contributed by atoms with E-state index in [9.17, 15) is 5.11 Å². The van der Waals surface area contributed by atoms with Crippen molar-refractivity contribution >= 4 is 0 Å². The number of aliphatic hydroxyl groups is 1. The molecule has 0 spiro atoms. The van der Waals surface area contributed by atoms with Crippen LogP contribution in [0, 0.1) is 5.92 Å². The molecular formula is C13H29N3O. The first-order chi connectivity index (χ1) is 7.97. The Morgan fingerprint density at radius 3 is 2.53 bits per heavy atom. The summed E-state index contributed by atoms with van der Waals surface area (Å²) in [7, 11) is 4.26. The van der Waals surface area contributed by atoms with Crippen molar-refractivity contribution in [2.75, 3.05) is 33.8 Å². The number of nitrogens with two attached hydrogens (primary N) is 1. The quantitative estimate of drug-likeness (QED) is 0.707. The highest BCUT2D eigenvalue weighted by molar-refractivity contribution is 4.86. The molecule has 3 unspecified atom stereocenters. The van der Waals surface area contributed by atoms with Gasteiger partial charge in [0.05, 0.1) is 6.61 Å². The van der Waals surface area contributed by atoms with Crippen LogP contribution in [0.3, 0.4) is 0 Å². The largest absolute Gasteiger partial charge is 0.395 e. The number of aliphatic hydroxyl groups excluding tert-OH is 1. The lowest BCUT2D eigenvalue weighted by molar-refractivity contribution is 0.0930. The number of hydrogen-bond acceptors (Lipinski definition) is 4. The smallest absolute Gasteiger partial charge is 0.0601 e. The zero-order valence-electron chi connectivity index (χ0n) is 11.8. The van der Waals surface area contributed by atoms with Gasteiger partial charge >= 0.3 is 0 Å². The molecule has 3 N–H and O–H groups in total. The molecule has 0 amide bonds. The lowest BCUT2D eigenvalue weighted by Crippen LogP contribution is -2.53. The van der Waals surface area contributed by atoms with E-state index in [1.165, 1.54) is 19.4 Å². The summed E-state index contributed by atoms with van der Waals surface area (Å²) in [4.78, 5) is 4.64. The molecule has 0 aliphatic carbocycles. The zero-order valence-corrected chi connectivity index (χ0v) is 11.8. The van der Waals surface area contributed by atoms with Gasteiger partial charge in [-0.15, -0.1) is 0 Å². The lowest BCUT2D eigenvalue weighted by Gasteiger charge is -2.36. The molecule has 0 aromatic carbocycles. The number of hydrogen-bond donors (Lipinski definition) is 2. The maximum atomic E-state index is 9.52. The molecule has 0 aromatic heterocycles. The van der Waals surface area contributed by atoms with Crippen molar-refractivity contribution in [2.24, 2.45) is 11.7 Å². The van der Waals surface area contributed by atoms with Gasteiger partial charge in [0, 0.05) is 24.7 Å². The van der Waals surface area contributed by atoms with Crippen molar-refractivity contribution < 1.29 is 5.11 Å². The van der Waals surface area contributed by atoms with Crippen molar-refractivity contribution in [3.63, 3.8) is 0 Å². The average molecular weight is 243 g/mol. The summed E-state index contributed by atoms with van der Waals surface area (Å²) in [6.45, 7) is 6.57. The summed E-state index contributed by atoms with van der Waals surface area (Å²) >= 11 is 0. The van der Waals surface area contributed by atoms with Crippen LogP contribution in [0.1, 0.15) is 26.7 Å². The van der Waals surface area contributed by atoms with Gasteiger partial charge in [-0.05, 0) is 39.4 Å². The fourth-order valence-electron chi connectivity index (χ4n) is 2.68. The molecule has 17 heavy (non-hydrogen) atoms. The molecule has 4 nitrogen and oxygen atoms in total. The van der Waals surface area contributed by atoms with Crippen LogP contribution < -0.4 is 5.73 Å². The van der Waals surface area contributed by atoms with Gasteiger partial charge in [-0.25, -0.2) is 0 Å². The van der Waals surface area contributed by atoms with E-state index in [1.54, 1.807) is 0 Å². The molecule has 1 fully saturated rings. The molecule has 0 radical (unpaired) electrons. The molecule has 1 rings (SSSR count). The second kappa shape index (κ2) is 6.69. The second-order valence-electron chi connectivity index (χ2n) is 5.79. The molecule has 1 heterocycles. The van der Waals surface area contributed by atoms with E-state index in [-0.39, 0.29) is 18.7 Å². The fourth-order valence-corrected chi connectivity index (χ4v) is 2.68. The SMILES string of the molecule is CC(C)C(N)C(CO)N(C)CC1CCCN1C. The van der Waals surface area contributed by atoms with E-state index in [1.807, 2.05) is 0 Å². The Hall–Kier alpha value is -0.160. The highest BCUT2D eigenvalue weighted by Crippen LogP contribution is 2.17. The highest BCUT2D eigenvalue weighted by atomic mass is 16.3. The summed E-state index contributed by atoms with van der Waals surface area (Å²) in [6, 6.07) is 0.731. The molecule has 3 atom stereocenters. The summed E-state index contributed by atoms with van der Waals surface area (Å²) in [5, 5.41) is 9.52. The van der Waals surface area contributed by atoms with E-state index >= 15 is 0 Å². The van der Waals surface area contributed by atoms with Crippen molar-refractivity contribution in [3.8, 4) is 0 Å². The van der Waals surface area contributed by atoms with E-state index in [4.69, 9.17) is 5.73 Å². The Balaban J connectivity index is 2.51. The van der Waals surface area contributed by atoms with Gasteiger partial charge < -0.3 is 15.7 Å². The molecule has 4 heteroatoms. The van der Waals surface area contributed by atoms with Crippen molar-refractivity contribution in [2.45, 2.75) is 44.8 Å². The van der Waals surface area contributed by atoms with Crippen LogP contribution >= 0.6 is 0 Å². The van der Waals surface area contributed by atoms with Crippen LogP contribution in [-0.2, 0) is 0 Å². The third-order valence-electron chi connectivity index (χ3n) is 4.14. The van der Waals surface area contributed by atoms with Gasteiger partial charge in [0.2, 0.25) is 0 Å². The Morgan fingerprint density at radius 2 is 2.12 bits per heavy atom. The predicted octanol–water partition coefficient (Wildman–Crippen LogP) is 0.357. The van der Waals surface area contributed by atoms with E-state index in [2.05, 4.69) is 37.7 Å². The highest BCUT2D eigenvalue weighted by Gasteiger charge is 2.28. The minimum absolute atomic E-state index is 0.0386. The zero-order chi connectivity index (χ0) is 13.0. The van der Waals surface area contributed by atoms with Crippen LogP contribution in [-0.4, -0.2) is 66.8 Å². The summed E-state index contributed by atoms with van der Waals surface area (Å²) in [5.74, 6) is 0.399. The van der Waals surface area contributed by atoms with E-state index < -0.39 is 0 Å². The van der Waals surface area contributed by atoms with Crippen molar-refractivity contribution in [1.82, 2.24) is 9.80 Å². The second-order valence-corrected chi connectivity index (χ2v) is 5.79. The first-order valence-corrected chi connectivity index (χ1v) is 6.74. The van der Waals surface area contributed by atoms with Crippen LogP contribution in [0.15, 0.2) is 0 Å². The summed E-state index contributed by atoms with van der Waals surface area (Å²) in [5.41, 5.74) is 6.17. The number of nitrogens with zero attached hydrogens (tertiary/aromatic N) is 2. The van der Waals surface area contributed by atoms with Crippen LogP contribution in [0.5, 0.6) is 0 Å². The van der Waals surface area contributed by atoms with Gasteiger partial charge in [0.1, 0.15) is 0 Å². The van der Waals surface area contributed by atoms with Gasteiger partial charge in [-0.3, -0.25) is 4.90 Å². The first kappa shape index (κ1) is 14.9. The minimum atomic E-state index is 0.0386. The molecule has 0 bridgehead atoms. The van der Waals surface area contributed by atoms with Gasteiger partial charge in [-0.1, -0.05) is 13.8 Å². The third-order valence-corrected chi connectivity index (χ3v) is 4.14. The molecule has 102 valence electrons. The number of likely N-dealkylation sites (tertiary alicyclic amines) is 1. The Labute approximate surface area is 106 Å². The molecule has 1 aliphatic rings. The number of rotatable bonds is 6. The Bertz CT molecular complexity index is 223. The topological polar surface area (TPSA) is 52.7 Å². The van der Waals surface area contributed by atoms with Crippen molar-refractivity contribution in [3.05, 3.63) is 0 Å². The van der Waals surface area contributed by atoms with Crippen molar-refractivity contribution in [1.29, 1.82) is 0 Å². The lowest BCUT2D eigenvalue weighted by atomic mass is 9.96. The molecule has 1 aliphatic heterocycles. The normalized spacial score (nSPS) is 25.8. The molecule has 0 aromatic rings. The van der Waals surface area contributed by atoms with E-state index in [0.717, 1.165) is 6.54 Å². The van der Waals surface area contributed by atoms with Crippen LogP contribution in [0.25, 0.3) is 0 Å².